The van der Waals surface area contributed by atoms with Gasteiger partial charge >= 0.3 is 0 Å². The molecule has 102 valence electrons. The predicted molar refractivity (Wildman–Crippen MR) is 73.8 cm³/mol. The number of hydrogen-bond acceptors (Lipinski definition) is 4. The molecule has 0 unspecified atom stereocenters. The van der Waals surface area contributed by atoms with E-state index in [0.717, 1.165) is 31.1 Å². The summed E-state index contributed by atoms with van der Waals surface area (Å²) < 4.78 is 7.44. The van der Waals surface area contributed by atoms with E-state index in [2.05, 4.69) is 34.5 Å². The predicted octanol–water partition coefficient (Wildman–Crippen LogP) is 1.89. The van der Waals surface area contributed by atoms with Crippen LogP contribution >= 0.6 is 0 Å². The molecule has 5 heteroatoms. The number of hydrogen-bond donors (Lipinski definition) is 1. The highest BCUT2D eigenvalue weighted by Crippen LogP contribution is 2.14. The zero-order valence-corrected chi connectivity index (χ0v) is 11.5. The van der Waals surface area contributed by atoms with E-state index >= 15 is 0 Å². The number of ether oxygens (including phenoxy) is 1. The first-order chi connectivity index (χ1) is 9.29. The van der Waals surface area contributed by atoms with Gasteiger partial charge in [-0.1, -0.05) is 19.1 Å². The van der Waals surface area contributed by atoms with Gasteiger partial charge in [0.1, 0.15) is 18.7 Å². The van der Waals surface area contributed by atoms with Crippen molar-refractivity contribution in [3.05, 3.63) is 42.0 Å². The molecule has 0 aliphatic carbocycles. The second kappa shape index (κ2) is 6.89. The van der Waals surface area contributed by atoms with Crippen LogP contribution in [0.2, 0.25) is 0 Å². The summed E-state index contributed by atoms with van der Waals surface area (Å²) in [5.41, 5.74) is 1.23. The van der Waals surface area contributed by atoms with Gasteiger partial charge in [-0.25, -0.2) is 4.98 Å². The van der Waals surface area contributed by atoms with Crippen molar-refractivity contribution >= 4 is 0 Å². The van der Waals surface area contributed by atoms with E-state index in [9.17, 15) is 0 Å². The average molecular weight is 260 g/mol. The van der Waals surface area contributed by atoms with Crippen molar-refractivity contribution in [3.8, 4) is 5.75 Å². The van der Waals surface area contributed by atoms with Crippen LogP contribution in [0.1, 0.15) is 24.7 Å². The molecule has 1 aromatic carbocycles. The van der Waals surface area contributed by atoms with Gasteiger partial charge in [-0.15, -0.1) is 0 Å². The molecule has 0 saturated carbocycles. The molecule has 1 heterocycles. The molecule has 1 aromatic heterocycles. The van der Waals surface area contributed by atoms with Crippen LogP contribution in [0, 0.1) is 0 Å². The van der Waals surface area contributed by atoms with Gasteiger partial charge in [0.25, 0.3) is 0 Å². The van der Waals surface area contributed by atoms with E-state index in [1.165, 1.54) is 11.9 Å². The zero-order valence-electron chi connectivity index (χ0n) is 11.5. The molecule has 0 bridgehead atoms. The summed E-state index contributed by atoms with van der Waals surface area (Å²) in [5.74, 6) is 1.67. The van der Waals surface area contributed by atoms with Gasteiger partial charge in [0, 0.05) is 13.6 Å². The number of nitrogens with zero attached hydrogens (tertiary/aromatic N) is 3. The molecule has 0 atom stereocenters. The quantitative estimate of drug-likeness (QED) is 0.772. The zero-order chi connectivity index (χ0) is 13.5. The summed E-state index contributed by atoms with van der Waals surface area (Å²) in [6, 6.07) is 8.12. The Bertz CT molecular complexity index is 510. The highest BCUT2D eigenvalue weighted by molar-refractivity contribution is 5.28. The van der Waals surface area contributed by atoms with Crippen LogP contribution in [0.25, 0.3) is 0 Å². The summed E-state index contributed by atoms with van der Waals surface area (Å²) in [5, 5.41) is 7.39. The Morgan fingerprint density at radius 3 is 3.00 bits per heavy atom. The number of rotatable bonds is 7. The van der Waals surface area contributed by atoms with Crippen LogP contribution in [0.3, 0.4) is 0 Å². The Morgan fingerprint density at radius 2 is 2.26 bits per heavy atom. The van der Waals surface area contributed by atoms with Crippen molar-refractivity contribution in [1.82, 2.24) is 20.1 Å². The molecular weight excluding hydrogens is 240 g/mol. The van der Waals surface area contributed by atoms with Gasteiger partial charge in [0.2, 0.25) is 0 Å². The van der Waals surface area contributed by atoms with Crippen LogP contribution < -0.4 is 10.1 Å². The topological polar surface area (TPSA) is 52.0 Å². The smallest absolute Gasteiger partial charge is 0.164 e. The average Bonchev–Trinajstić information content (AvgIpc) is 2.83. The lowest BCUT2D eigenvalue weighted by atomic mass is 10.2. The third-order valence-corrected chi connectivity index (χ3v) is 2.83. The van der Waals surface area contributed by atoms with Crippen LogP contribution in [-0.2, 0) is 20.2 Å². The standard InChI is InChI=1S/C14H20N4O/c1-3-7-15-9-12-5-4-6-13(8-12)19-10-14-16-11-17-18(14)2/h4-6,8,11,15H,3,7,9-10H2,1-2H3. The van der Waals surface area contributed by atoms with Gasteiger partial charge in [-0.3, -0.25) is 4.68 Å². The van der Waals surface area contributed by atoms with Gasteiger partial charge in [0.05, 0.1) is 0 Å². The first-order valence-corrected chi connectivity index (χ1v) is 6.55. The van der Waals surface area contributed by atoms with Crippen molar-refractivity contribution < 1.29 is 4.74 Å². The lowest BCUT2D eigenvalue weighted by Crippen LogP contribution is -2.13. The van der Waals surface area contributed by atoms with Crippen molar-refractivity contribution in [2.45, 2.75) is 26.5 Å². The van der Waals surface area contributed by atoms with Crippen LogP contribution in [-0.4, -0.2) is 21.3 Å². The summed E-state index contributed by atoms with van der Waals surface area (Å²) in [6.07, 6.45) is 2.67. The summed E-state index contributed by atoms with van der Waals surface area (Å²) in [4.78, 5) is 4.13. The molecule has 0 aliphatic heterocycles. The highest BCUT2D eigenvalue weighted by Gasteiger charge is 2.02. The monoisotopic (exact) mass is 260 g/mol. The Kier molecular flexibility index (Phi) is 4.92. The molecule has 0 saturated heterocycles. The molecule has 2 aromatic rings. The Hall–Kier alpha value is -1.88. The van der Waals surface area contributed by atoms with E-state index < -0.39 is 0 Å². The van der Waals surface area contributed by atoms with Gasteiger partial charge in [-0.2, -0.15) is 5.10 Å². The van der Waals surface area contributed by atoms with Crippen LogP contribution in [0.15, 0.2) is 30.6 Å². The molecule has 2 rings (SSSR count). The van der Waals surface area contributed by atoms with Gasteiger partial charge in [0.15, 0.2) is 5.82 Å². The molecule has 0 spiro atoms. The molecule has 0 radical (unpaired) electrons. The Balaban J connectivity index is 1.90. The van der Waals surface area contributed by atoms with E-state index in [1.807, 2.05) is 19.2 Å². The van der Waals surface area contributed by atoms with Crippen LogP contribution in [0.4, 0.5) is 0 Å². The van der Waals surface area contributed by atoms with Crippen molar-refractivity contribution in [2.75, 3.05) is 6.54 Å². The van der Waals surface area contributed by atoms with E-state index in [0.29, 0.717) is 6.61 Å². The van der Waals surface area contributed by atoms with E-state index in [4.69, 9.17) is 4.74 Å². The molecule has 5 nitrogen and oxygen atoms in total. The number of nitrogens with one attached hydrogen (secondary N) is 1. The maximum atomic E-state index is 5.73. The SMILES string of the molecule is CCCNCc1cccc(OCc2ncnn2C)c1. The normalized spacial score (nSPS) is 10.6. The minimum atomic E-state index is 0.433. The fraction of sp³-hybridized carbons (Fsp3) is 0.429. The van der Waals surface area contributed by atoms with Crippen molar-refractivity contribution in [3.63, 3.8) is 0 Å². The third kappa shape index (κ3) is 4.06. The second-order valence-corrected chi connectivity index (χ2v) is 4.41. The summed E-state index contributed by atoms with van der Waals surface area (Å²) in [6.45, 7) is 4.49. The summed E-state index contributed by atoms with van der Waals surface area (Å²) >= 11 is 0. The van der Waals surface area contributed by atoms with E-state index in [-0.39, 0.29) is 0 Å². The molecule has 1 N–H and O–H groups in total. The Labute approximate surface area is 113 Å². The molecule has 0 aliphatic rings. The highest BCUT2D eigenvalue weighted by atomic mass is 16.5. The lowest BCUT2D eigenvalue weighted by molar-refractivity contribution is 0.289. The molecule has 0 fully saturated rings. The molecule has 0 amide bonds. The third-order valence-electron chi connectivity index (χ3n) is 2.83. The fourth-order valence-electron chi connectivity index (χ4n) is 1.75. The number of aryl methyl sites for hydroxylation is 1. The Morgan fingerprint density at radius 1 is 1.37 bits per heavy atom. The lowest BCUT2D eigenvalue weighted by Gasteiger charge is -2.08. The van der Waals surface area contributed by atoms with Gasteiger partial charge in [-0.05, 0) is 30.7 Å². The fourth-order valence-corrected chi connectivity index (χ4v) is 1.75. The minimum Gasteiger partial charge on any atom is -0.486 e. The van der Waals surface area contributed by atoms with Crippen molar-refractivity contribution in [2.24, 2.45) is 7.05 Å². The second-order valence-electron chi connectivity index (χ2n) is 4.41. The summed E-state index contributed by atoms with van der Waals surface area (Å²) in [7, 11) is 1.86. The maximum Gasteiger partial charge on any atom is 0.164 e. The van der Waals surface area contributed by atoms with E-state index in [1.54, 1.807) is 4.68 Å². The molecular formula is C14H20N4O. The maximum absolute atomic E-state index is 5.73. The number of aromatic nitrogens is 3. The van der Waals surface area contributed by atoms with Crippen molar-refractivity contribution in [1.29, 1.82) is 0 Å². The minimum absolute atomic E-state index is 0.433. The first kappa shape index (κ1) is 13.5. The first-order valence-electron chi connectivity index (χ1n) is 6.55. The number of benzene rings is 1. The molecule has 19 heavy (non-hydrogen) atoms. The van der Waals surface area contributed by atoms with Gasteiger partial charge < -0.3 is 10.1 Å². The van der Waals surface area contributed by atoms with Crippen LogP contribution in [0.5, 0.6) is 5.75 Å². The largest absolute Gasteiger partial charge is 0.486 e.